The van der Waals surface area contributed by atoms with E-state index in [9.17, 15) is 19.5 Å². The van der Waals surface area contributed by atoms with Crippen molar-refractivity contribution in [3.05, 3.63) is 70.3 Å². The first-order valence-corrected chi connectivity index (χ1v) is 9.63. The van der Waals surface area contributed by atoms with Crippen molar-refractivity contribution in [2.45, 2.75) is 26.8 Å². The molecule has 30 heavy (non-hydrogen) atoms. The van der Waals surface area contributed by atoms with E-state index >= 15 is 0 Å². The molecule has 1 aliphatic heterocycles. The SMILES string of the molecule is CC(C)(C(=O)O)C(=O)Nc1ccc2c(=O)n3c(nc2c1)/C(=C/c1ccccc1)CC3. The molecule has 4 rings (SSSR count). The van der Waals surface area contributed by atoms with Crippen molar-refractivity contribution >= 4 is 40.1 Å². The van der Waals surface area contributed by atoms with Crippen molar-refractivity contribution < 1.29 is 14.7 Å². The van der Waals surface area contributed by atoms with E-state index in [4.69, 9.17) is 0 Å². The lowest BCUT2D eigenvalue weighted by molar-refractivity contribution is -0.151. The van der Waals surface area contributed by atoms with Gasteiger partial charge in [-0.1, -0.05) is 30.3 Å². The van der Waals surface area contributed by atoms with Crippen LogP contribution in [0.2, 0.25) is 0 Å². The molecule has 0 radical (unpaired) electrons. The van der Waals surface area contributed by atoms with Gasteiger partial charge in [-0.25, -0.2) is 4.98 Å². The lowest BCUT2D eigenvalue weighted by Crippen LogP contribution is -2.37. The second kappa shape index (κ2) is 7.26. The van der Waals surface area contributed by atoms with E-state index in [-0.39, 0.29) is 5.56 Å². The Morgan fingerprint density at radius 1 is 1.17 bits per heavy atom. The van der Waals surface area contributed by atoms with Gasteiger partial charge in [0.15, 0.2) is 0 Å². The summed E-state index contributed by atoms with van der Waals surface area (Å²) in [6, 6.07) is 14.6. The number of rotatable bonds is 4. The third kappa shape index (κ3) is 3.39. The van der Waals surface area contributed by atoms with Gasteiger partial charge in [0, 0.05) is 12.2 Å². The van der Waals surface area contributed by atoms with E-state index in [1.807, 2.05) is 36.4 Å². The smallest absolute Gasteiger partial charge is 0.318 e. The third-order valence-electron chi connectivity index (χ3n) is 5.35. The van der Waals surface area contributed by atoms with Crippen LogP contribution in [0.1, 0.15) is 31.7 Å². The third-order valence-corrected chi connectivity index (χ3v) is 5.35. The molecule has 2 heterocycles. The number of anilines is 1. The minimum atomic E-state index is -1.58. The Balaban J connectivity index is 1.74. The molecule has 0 unspecified atom stereocenters. The van der Waals surface area contributed by atoms with Gasteiger partial charge in [0.25, 0.3) is 5.56 Å². The first kappa shape index (κ1) is 19.6. The van der Waals surface area contributed by atoms with Crippen molar-refractivity contribution in [2.75, 3.05) is 5.32 Å². The van der Waals surface area contributed by atoms with Gasteiger partial charge in [0.05, 0.1) is 10.9 Å². The molecule has 3 aromatic rings. The van der Waals surface area contributed by atoms with Crippen LogP contribution < -0.4 is 10.9 Å². The van der Waals surface area contributed by atoms with Gasteiger partial charge in [-0.05, 0) is 55.7 Å². The van der Waals surface area contributed by atoms with Gasteiger partial charge in [0.2, 0.25) is 5.91 Å². The average Bonchev–Trinajstić information content (AvgIpc) is 3.11. The molecule has 7 heteroatoms. The fraction of sp³-hybridized carbons (Fsp3) is 0.217. The number of aromatic nitrogens is 2. The summed E-state index contributed by atoms with van der Waals surface area (Å²) in [4.78, 5) is 41.3. The summed E-state index contributed by atoms with van der Waals surface area (Å²) >= 11 is 0. The van der Waals surface area contributed by atoms with Crippen LogP contribution in [0.25, 0.3) is 22.6 Å². The number of fused-ring (bicyclic) bond motifs is 2. The normalized spacial score (nSPS) is 14.7. The van der Waals surface area contributed by atoms with E-state index < -0.39 is 17.3 Å². The van der Waals surface area contributed by atoms with Gasteiger partial charge in [-0.2, -0.15) is 0 Å². The first-order chi connectivity index (χ1) is 14.3. The number of benzene rings is 2. The average molecular weight is 403 g/mol. The Hall–Kier alpha value is -3.74. The highest BCUT2D eigenvalue weighted by Gasteiger charge is 2.36. The van der Waals surface area contributed by atoms with E-state index in [0.717, 1.165) is 11.1 Å². The maximum absolute atomic E-state index is 12.9. The maximum Gasteiger partial charge on any atom is 0.318 e. The molecule has 0 fully saturated rings. The minimum Gasteiger partial charge on any atom is -0.480 e. The number of carboxylic acids is 1. The topological polar surface area (TPSA) is 101 Å². The molecule has 1 aromatic heterocycles. The molecule has 0 spiro atoms. The van der Waals surface area contributed by atoms with Gasteiger partial charge in [-0.3, -0.25) is 19.0 Å². The highest BCUT2D eigenvalue weighted by Crippen LogP contribution is 2.28. The van der Waals surface area contributed by atoms with Gasteiger partial charge in [0.1, 0.15) is 11.2 Å². The number of allylic oxidation sites excluding steroid dienone is 1. The van der Waals surface area contributed by atoms with Crippen LogP contribution in [-0.4, -0.2) is 26.5 Å². The second-order valence-electron chi connectivity index (χ2n) is 7.84. The second-order valence-corrected chi connectivity index (χ2v) is 7.84. The van der Waals surface area contributed by atoms with Crippen molar-refractivity contribution in [1.82, 2.24) is 9.55 Å². The Morgan fingerprint density at radius 2 is 1.90 bits per heavy atom. The summed E-state index contributed by atoms with van der Waals surface area (Å²) in [5, 5.41) is 12.3. The number of nitrogens with zero attached hydrogens (tertiary/aromatic N) is 2. The van der Waals surface area contributed by atoms with Gasteiger partial charge in [-0.15, -0.1) is 0 Å². The molecule has 152 valence electrons. The van der Waals surface area contributed by atoms with Crippen molar-refractivity contribution in [3.63, 3.8) is 0 Å². The molecule has 0 atom stereocenters. The van der Waals surface area contributed by atoms with Crippen molar-refractivity contribution in [2.24, 2.45) is 5.41 Å². The zero-order valence-electron chi connectivity index (χ0n) is 16.7. The van der Waals surface area contributed by atoms with Crippen LogP contribution in [0.15, 0.2) is 53.3 Å². The lowest BCUT2D eigenvalue weighted by Gasteiger charge is -2.18. The first-order valence-electron chi connectivity index (χ1n) is 9.63. The number of amides is 1. The predicted molar refractivity (Wildman–Crippen MR) is 115 cm³/mol. The largest absolute Gasteiger partial charge is 0.480 e. The van der Waals surface area contributed by atoms with Crippen LogP contribution in [0, 0.1) is 5.41 Å². The number of aliphatic carboxylic acids is 1. The van der Waals surface area contributed by atoms with Crippen LogP contribution in [0.3, 0.4) is 0 Å². The number of hydrogen-bond donors (Lipinski definition) is 2. The Labute approximate surface area is 172 Å². The number of hydrogen-bond acceptors (Lipinski definition) is 4. The quantitative estimate of drug-likeness (QED) is 0.650. The predicted octanol–water partition coefficient (Wildman–Crippen LogP) is 3.39. The number of carbonyl (C=O) groups excluding carboxylic acids is 1. The summed E-state index contributed by atoms with van der Waals surface area (Å²) in [6.45, 7) is 3.24. The van der Waals surface area contributed by atoms with E-state index in [2.05, 4.69) is 10.3 Å². The van der Waals surface area contributed by atoms with E-state index in [1.54, 1.807) is 22.8 Å². The summed E-state index contributed by atoms with van der Waals surface area (Å²) in [6.07, 6.45) is 2.74. The van der Waals surface area contributed by atoms with Gasteiger partial charge < -0.3 is 10.4 Å². The highest BCUT2D eigenvalue weighted by molar-refractivity contribution is 6.08. The number of carbonyl (C=O) groups is 2. The summed E-state index contributed by atoms with van der Waals surface area (Å²) in [5.74, 6) is -1.24. The minimum absolute atomic E-state index is 0.129. The molecular weight excluding hydrogens is 382 g/mol. The molecule has 0 bridgehead atoms. The molecule has 1 aliphatic rings. The Bertz CT molecular complexity index is 1260. The monoisotopic (exact) mass is 403 g/mol. The summed E-state index contributed by atoms with van der Waals surface area (Å²) in [5.41, 5.74) is 1.15. The standard InChI is InChI=1S/C23H21N3O4/c1-23(2,22(29)30)21(28)24-16-8-9-17-18(13-16)25-19-15(10-11-26(19)20(17)27)12-14-6-4-3-5-7-14/h3-9,12-13H,10-11H2,1-2H3,(H,24,28)(H,29,30)/b15-12+. The Kier molecular flexibility index (Phi) is 4.73. The summed E-state index contributed by atoms with van der Waals surface area (Å²) < 4.78 is 1.67. The van der Waals surface area contributed by atoms with Crippen LogP contribution >= 0.6 is 0 Å². The molecule has 1 amide bonds. The highest BCUT2D eigenvalue weighted by atomic mass is 16.4. The number of carboxylic acid groups (broad SMARTS) is 1. The van der Waals surface area contributed by atoms with E-state index in [0.29, 0.717) is 35.4 Å². The Morgan fingerprint density at radius 3 is 2.60 bits per heavy atom. The van der Waals surface area contributed by atoms with E-state index in [1.165, 1.54) is 13.8 Å². The lowest BCUT2D eigenvalue weighted by atomic mass is 9.92. The zero-order chi connectivity index (χ0) is 21.5. The van der Waals surface area contributed by atoms with Crippen LogP contribution in [-0.2, 0) is 16.1 Å². The maximum atomic E-state index is 12.9. The number of nitrogens with one attached hydrogen (secondary N) is 1. The molecule has 0 saturated heterocycles. The fourth-order valence-electron chi connectivity index (χ4n) is 3.37. The molecule has 2 N–H and O–H groups in total. The zero-order valence-corrected chi connectivity index (χ0v) is 16.7. The van der Waals surface area contributed by atoms with Crippen molar-refractivity contribution in [1.29, 1.82) is 0 Å². The summed E-state index contributed by atoms with van der Waals surface area (Å²) in [7, 11) is 0. The van der Waals surface area contributed by atoms with Crippen LogP contribution in [0.4, 0.5) is 5.69 Å². The molecule has 2 aromatic carbocycles. The van der Waals surface area contributed by atoms with Crippen LogP contribution in [0.5, 0.6) is 0 Å². The molecule has 0 saturated carbocycles. The molecular formula is C23H21N3O4. The van der Waals surface area contributed by atoms with Crippen molar-refractivity contribution in [3.8, 4) is 0 Å². The molecule has 0 aliphatic carbocycles. The molecule has 7 nitrogen and oxygen atoms in total. The fourth-order valence-corrected chi connectivity index (χ4v) is 3.37. The van der Waals surface area contributed by atoms with Gasteiger partial charge >= 0.3 is 5.97 Å².